The molecular weight excluding hydrogens is 204 g/mol. The maximum atomic E-state index is 5.67. The molecule has 0 spiro atoms. The second kappa shape index (κ2) is 4.22. The summed E-state index contributed by atoms with van der Waals surface area (Å²) in [5.41, 5.74) is 7.29. The molecule has 0 saturated heterocycles. The van der Waals surface area contributed by atoms with E-state index in [-0.39, 0.29) is 0 Å². The third-order valence-corrected chi connectivity index (χ3v) is 2.28. The van der Waals surface area contributed by atoms with E-state index >= 15 is 0 Å². The van der Waals surface area contributed by atoms with Gasteiger partial charge in [-0.15, -0.1) is 0 Å². The molecule has 0 bridgehead atoms. The third-order valence-electron chi connectivity index (χ3n) is 2.28. The number of rotatable bonds is 3. The number of aromatic nitrogens is 3. The highest BCUT2D eigenvalue weighted by molar-refractivity contribution is 5.45. The molecular formula is C11H14N4O. The molecule has 2 N–H and O–H groups in total. The largest absolute Gasteiger partial charge is 0.436 e. The Morgan fingerprint density at radius 2 is 2.25 bits per heavy atom. The zero-order valence-corrected chi connectivity index (χ0v) is 9.34. The molecule has 5 nitrogen and oxygen atoms in total. The van der Waals surface area contributed by atoms with Crippen LogP contribution in [0, 0.1) is 6.92 Å². The fourth-order valence-electron chi connectivity index (χ4n) is 1.29. The van der Waals surface area contributed by atoms with Crippen molar-refractivity contribution in [3.63, 3.8) is 0 Å². The first kappa shape index (κ1) is 10.5. The first-order valence-electron chi connectivity index (χ1n) is 5.11. The molecule has 0 unspecified atom stereocenters. The molecule has 2 aromatic rings. The molecule has 0 aliphatic rings. The van der Waals surface area contributed by atoms with Gasteiger partial charge in [0.2, 0.25) is 5.88 Å². The first-order chi connectivity index (χ1) is 7.69. The number of anilines is 1. The minimum Gasteiger partial charge on any atom is -0.436 e. The molecule has 0 amide bonds. The van der Waals surface area contributed by atoms with Gasteiger partial charge in [-0.25, -0.2) is 4.98 Å². The summed E-state index contributed by atoms with van der Waals surface area (Å²) in [7, 11) is 0. The fourth-order valence-corrected chi connectivity index (χ4v) is 1.29. The van der Waals surface area contributed by atoms with E-state index < -0.39 is 0 Å². The summed E-state index contributed by atoms with van der Waals surface area (Å²) in [4.78, 5) is 4.09. The number of hydrogen-bond donors (Lipinski definition) is 1. The van der Waals surface area contributed by atoms with E-state index in [1.54, 1.807) is 23.1 Å². The zero-order valence-electron chi connectivity index (χ0n) is 9.34. The second-order valence-corrected chi connectivity index (χ2v) is 3.51. The predicted octanol–water partition coefficient (Wildman–Crippen LogP) is 1.98. The number of aryl methyl sites for hydroxylation is 2. The van der Waals surface area contributed by atoms with Crippen molar-refractivity contribution in [2.24, 2.45) is 0 Å². The summed E-state index contributed by atoms with van der Waals surface area (Å²) in [6.07, 6.45) is 5.08. The molecule has 0 fully saturated rings. The Labute approximate surface area is 93.9 Å². The van der Waals surface area contributed by atoms with Crippen LogP contribution in [0.5, 0.6) is 11.6 Å². The van der Waals surface area contributed by atoms with Gasteiger partial charge in [-0.3, -0.25) is 4.68 Å². The van der Waals surface area contributed by atoms with Crippen LogP contribution in [-0.2, 0) is 6.54 Å². The lowest BCUT2D eigenvalue weighted by molar-refractivity contribution is 0.461. The van der Waals surface area contributed by atoms with E-state index in [0.717, 1.165) is 12.1 Å². The van der Waals surface area contributed by atoms with Gasteiger partial charge in [0.1, 0.15) is 0 Å². The first-order valence-corrected chi connectivity index (χ1v) is 5.11. The van der Waals surface area contributed by atoms with E-state index in [9.17, 15) is 0 Å². The highest BCUT2D eigenvalue weighted by Crippen LogP contribution is 2.21. The lowest BCUT2D eigenvalue weighted by atomic mass is 10.2. The Hall–Kier alpha value is -2.04. The van der Waals surface area contributed by atoms with Gasteiger partial charge in [-0.1, -0.05) is 0 Å². The third kappa shape index (κ3) is 2.13. The summed E-state index contributed by atoms with van der Waals surface area (Å²) in [6.45, 7) is 4.75. The van der Waals surface area contributed by atoms with Crippen molar-refractivity contribution in [1.82, 2.24) is 14.8 Å². The minimum atomic E-state index is 0.530. The molecule has 0 aliphatic heterocycles. The Morgan fingerprint density at radius 1 is 1.44 bits per heavy atom. The topological polar surface area (TPSA) is 66.0 Å². The second-order valence-electron chi connectivity index (χ2n) is 3.51. The van der Waals surface area contributed by atoms with Crippen LogP contribution in [0.15, 0.2) is 24.7 Å². The molecule has 84 valence electrons. The summed E-state index contributed by atoms with van der Waals surface area (Å²) in [6, 6.07) is 1.80. The predicted molar refractivity (Wildman–Crippen MR) is 61.4 cm³/mol. The van der Waals surface area contributed by atoms with Gasteiger partial charge in [-0.05, 0) is 19.4 Å². The van der Waals surface area contributed by atoms with Crippen molar-refractivity contribution in [3.8, 4) is 11.6 Å². The number of nitrogens with zero attached hydrogens (tertiary/aromatic N) is 3. The van der Waals surface area contributed by atoms with Gasteiger partial charge in [0, 0.05) is 12.6 Å². The van der Waals surface area contributed by atoms with E-state index in [4.69, 9.17) is 10.5 Å². The summed E-state index contributed by atoms with van der Waals surface area (Å²) < 4.78 is 7.34. The fraction of sp³-hybridized carbons (Fsp3) is 0.273. The Morgan fingerprint density at radius 3 is 2.88 bits per heavy atom. The van der Waals surface area contributed by atoms with Gasteiger partial charge in [0.05, 0.1) is 24.3 Å². The van der Waals surface area contributed by atoms with Gasteiger partial charge in [0.25, 0.3) is 0 Å². The van der Waals surface area contributed by atoms with Crippen molar-refractivity contribution in [2.75, 3.05) is 5.73 Å². The number of nitrogens with two attached hydrogens (primary N) is 1. The van der Waals surface area contributed by atoms with E-state index in [2.05, 4.69) is 10.1 Å². The number of nitrogen functional groups attached to an aromatic ring is 1. The van der Waals surface area contributed by atoms with Crippen molar-refractivity contribution in [3.05, 3.63) is 30.2 Å². The highest BCUT2D eigenvalue weighted by Gasteiger charge is 2.03. The number of hydrogen-bond acceptors (Lipinski definition) is 4. The molecule has 2 aromatic heterocycles. The maximum Gasteiger partial charge on any atom is 0.219 e. The number of ether oxygens (including phenoxy) is 1. The molecule has 2 rings (SSSR count). The normalized spacial score (nSPS) is 10.4. The van der Waals surface area contributed by atoms with Crippen LogP contribution < -0.4 is 10.5 Å². The Bertz CT molecular complexity index is 492. The minimum absolute atomic E-state index is 0.530. The van der Waals surface area contributed by atoms with Crippen LogP contribution in [0.2, 0.25) is 0 Å². The number of pyridine rings is 1. The molecule has 0 saturated carbocycles. The lowest BCUT2D eigenvalue weighted by Gasteiger charge is -2.04. The van der Waals surface area contributed by atoms with E-state index in [1.807, 2.05) is 20.0 Å². The zero-order chi connectivity index (χ0) is 11.5. The van der Waals surface area contributed by atoms with Crippen molar-refractivity contribution >= 4 is 5.69 Å². The van der Waals surface area contributed by atoms with Crippen LogP contribution in [-0.4, -0.2) is 14.8 Å². The smallest absolute Gasteiger partial charge is 0.219 e. The Balaban J connectivity index is 2.17. The summed E-state index contributed by atoms with van der Waals surface area (Å²) in [5, 5.41) is 4.11. The van der Waals surface area contributed by atoms with E-state index in [0.29, 0.717) is 17.3 Å². The summed E-state index contributed by atoms with van der Waals surface area (Å²) >= 11 is 0. The van der Waals surface area contributed by atoms with E-state index in [1.165, 1.54) is 0 Å². The highest BCUT2D eigenvalue weighted by atomic mass is 16.5. The molecule has 0 radical (unpaired) electrons. The SMILES string of the molecule is CCn1cc(Oc2cc(C)c(N)cn2)cn1. The van der Waals surface area contributed by atoms with Crippen molar-refractivity contribution in [1.29, 1.82) is 0 Å². The molecule has 0 atom stereocenters. The average Bonchev–Trinajstić information content (AvgIpc) is 2.71. The van der Waals surface area contributed by atoms with Crippen LogP contribution in [0.1, 0.15) is 12.5 Å². The molecule has 5 heteroatoms. The molecule has 0 aliphatic carbocycles. The quantitative estimate of drug-likeness (QED) is 0.855. The molecule has 0 aromatic carbocycles. The molecule has 2 heterocycles. The van der Waals surface area contributed by atoms with Crippen molar-refractivity contribution in [2.45, 2.75) is 20.4 Å². The molecule has 16 heavy (non-hydrogen) atoms. The van der Waals surface area contributed by atoms with Crippen LogP contribution in [0.3, 0.4) is 0 Å². The van der Waals surface area contributed by atoms with Crippen LogP contribution in [0.25, 0.3) is 0 Å². The standard InChI is InChI=1S/C11H14N4O/c1-3-15-7-9(5-14-15)16-11-4-8(2)10(12)6-13-11/h4-7H,3,12H2,1-2H3. The average molecular weight is 218 g/mol. The summed E-state index contributed by atoms with van der Waals surface area (Å²) in [5.74, 6) is 1.21. The van der Waals surface area contributed by atoms with Gasteiger partial charge < -0.3 is 10.5 Å². The van der Waals surface area contributed by atoms with Gasteiger partial charge in [0.15, 0.2) is 5.75 Å². The van der Waals surface area contributed by atoms with Crippen molar-refractivity contribution < 1.29 is 4.74 Å². The monoisotopic (exact) mass is 218 g/mol. The van der Waals surface area contributed by atoms with Gasteiger partial charge in [-0.2, -0.15) is 5.10 Å². The lowest BCUT2D eigenvalue weighted by Crippen LogP contribution is -1.94. The maximum absolute atomic E-state index is 5.67. The van der Waals surface area contributed by atoms with Gasteiger partial charge >= 0.3 is 0 Å². The Kier molecular flexibility index (Phi) is 2.76. The van der Waals surface area contributed by atoms with Crippen LogP contribution >= 0.6 is 0 Å². The van der Waals surface area contributed by atoms with Crippen LogP contribution in [0.4, 0.5) is 5.69 Å².